The molecule has 110 valence electrons. The fraction of sp³-hybridized carbons (Fsp3) is 0.923. The molecule has 1 aliphatic rings. The summed E-state index contributed by atoms with van der Waals surface area (Å²) in [5.41, 5.74) is -0.194. The first-order chi connectivity index (χ1) is 7.75. The van der Waals surface area contributed by atoms with Gasteiger partial charge < -0.3 is 20.3 Å². The SMILES string of the molecule is COC(=O)C1(C)CCNCC1.COC(C)(C)C.O. The molecule has 1 aliphatic heterocycles. The Kier molecular flexibility index (Phi) is 9.24. The fourth-order valence-corrected chi connectivity index (χ4v) is 1.43. The van der Waals surface area contributed by atoms with Gasteiger partial charge >= 0.3 is 5.97 Å². The van der Waals surface area contributed by atoms with Crippen molar-refractivity contribution in [2.24, 2.45) is 5.41 Å². The molecule has 5 heteroatoms. The molecule has 0 aliphatic carbocycles. The Balaban J connectivity index is 0. The van der Waals surface area contributed by atoms with Crippen LogP contribution in [0, 0.1) is 5.41 Å². The molecular weight excluding hydrogens is 234 g/mol. The van der Waals surface area contributed by atoms with E-state index in [4.69, 9.17) is 9.47 Å². The summed E-state index contributed by atoms with van der Waals surface area (Å²) in [7, 11) is 3.16. The largest absolute Gasteiger partial charge is 0.469 e. The molecule has 1 rings (SSSR count). The Morgan fingerprint density at radius 1 is 1.17 bits per heavy atom. The molecular formula is C13H29NO4. The molecule has 0 aromatic rings. The Morgan fingerprint density at radius 2 is 1.56 bits per heavy atom. The standard InChI is InChI=1S/C8H15NO2.C5H12O.H2O/c1-8(7(10)11-2)3-5-9-6-4-8;1-5(2,3)6-4;/h9H,3-6H2,1-2H3;1-4H3;1H2. The van der Waals surface area contributed by atoms with Gasteiger partial charge in [-0.25, -0.2) is 0 Å². The van der Waals surface area contributed by atoms with Crippen LogP contribution in [0.15, 0.2) is 0 Å². The molecule has 18 heavy (non-hydrogen) atoms. The van der Waals surface area contributed by atoms with Crippen LogP contribution in [-0.4, -0.2) is 44.4 Å². The molecule has 0 radical (unpaired) electrons. The number of esters is 1. The predicted octanol–water partition coefficient (Wildman–Crippen LogP) is 1.16. The van der Waals surface area contributed by atoms with Crippen LogP contribution in [0.1, 0.15) is 40.5 Å². The number of rotatable bonds is 1. The van der Waals surface area contributed by atoms with Crippen molar-refractivity contribution in [1.29, 1.82) is 0 Å². The van der Waals surface area contributed by atoms with Crippen LogP contribution in [0.3, 0.4) is 0 Å². The minimum atomic E-state index is -0.236. The van der Waals surface area contributed by atoms with Gasteiger partial charge in [0.05, 0.1) is 18.1 Å². The second-order valence-corrected chi connectivity index (χ2v) is 5.62. The lowest BCUT2D eigenvalue weighted by Crippen LogP contribution is -2.40. The summed E-state index contributed by atoms with van der Waals surface area (Å²) in [6, 6.07) is 0. The molecule has 0 spiro atoms. The van der Waals surface area contributed by atoms with Crippen LogP contribution >= 0.6 is 0 Å². The number of hydrogen-bond acceptors (Lipinski definition) is 4. The van der Waals surface area contributed by atoms with E-state index in [2.05, 4.69) is 5.32 Å². The topological polar surface area (TPSA) is 79.1 Å². The van der Waals surface area contributed by atoms with Gasteiger partial charge in [0.25, 0.3) is 0 Å². The summed E-state index contributed by atoms with van der Waals surface area (Å²) in [5, 5.41) is 3.21. The Bertz CT molecular complexity index is 230. The van der Waals surface area contributed by atoms with E-state index in [0.717, 1.165) is 25.9 Å². The van der Waals surface area contributed by atoms with Crippen LogP contribution in [0.5, 0.6) is 0 Å². The molecule has 5 nitrogen and oxygen atoms in total. The van der Waals surface area contributed by atoms with E-state index < -0.39 is 0 Å². The lowest BCUT2D eigenvalue weighted by Gasteiger charge is -2.30. The average molecular weight is 263 g/mol. The Labute approximate surface area is 111 Å². The van der Waals surface area contributed by atoms with Gasteiger partial charge in [0.1, 0.15) is 0 Å². The molecule has 1 saturated heterocycles. The first kappa shape index (κ1) is 19.7. The van der Waals surface area contributed by atoms with Crippen molar-refractivity contribution in [1.82, 2.24) is 5.32 Å². The molecule has 0 aromatic heterocycles. The van der Waals surface area contributed by atoms with Crippen LogP contribution in [0.25, 0.3) is 0 Å². The third kappa shape index (κ3) is 7.63. The number of hydrogen-bond donors (Lipinski definition) is 1. The van der Waals surface area contributed by atoms with Gasteiger partial charge in [-0.15, -0.1) is 0 Å². The smallest absolute Gasteiger partial charge is 0.311 e. The van der Waals surface area contributed by atoms with Crippen molar-refractivity contribution in [3.63, 3.8) is 0 Å². The first-order valence-electron chi connectivity index (χ1n) is 6.09. The second kappa shape index (κ2) is 8.45. The van der Waals surface area contributed by atoms with Gasteiger partial charge in [0.15, 0.2) is 0 Å². The van der Waals surface area contributed by atoms with Gasteiger partial charge in [0.2, 0.25) is 0 Å². The summed E-state index contributed by atoms with van der Waals surface area (Å²) in [5.74, 6) is -0.0704. The second-order valence-electron chi connectivity index (χ2n) is 5.62. The highest BCUT2D eigenvalue weighted by Gasteiger charge is 2.35. The van der Waals surface area contributed by atoms with Gasteiger partial charge in [-0.1, -0.05) is 0 Å². The molecule has 0 saturated carbocycles. The van der Waals surface area contributed by atoms with E-state index in [-0.39, 0.29) is 22.5 Å². The number of nitrogens with one attached hydrogen (secondary N) is 1. The van der Waals surface area contributed by atoms with Crippen LogP contribution in [0.2, 0.25) is 0 Å². The van der Waals surface area contributed by atoms with Crippen LogP contribution < -0.4 is 5.32 Å². The molecule has 0 aromatic carbocycles. The maximum atomic E-state index is 11.2. The lowest BCUT2D eigenvalue weighted by molar-refractivity contribution is -0.153. The maximum Gasteiger partial charge on any atom is 0.311 e. The Morgan fingerprint density at radius 3 is 1.83 bits per heavy atom. The van der Waals surface area contributed by atoms with Gasteiger partial charge in [-0.05, 0) is 53.6 Å². The zero-order chi connectivity index (χ0) is 13.5. The number of carbonyl (C=O) groups is 1. The maximum absolute atomic E-state index is 11.2. The summed E-state index contributed by atoms with van der Waals surface area (Å²) in [4.78, 5) is 11.2. The molecule has 1 fully saturated rings. The highest BCUT2D eigenvalue weighted by Crippen LogP contribution is 2.28. The summed E-state index contributed by atoms with van der Waals surface area (Å²) in [6.07, 6.45) is 1.78. The number of carbonyl (C=O) groups excluding carboxylic acids is 1. The zero-order valence-electron chi connectivity index (χ0n) is 12.6. The molecule has 0 amide bonds. The van der Waals surface area contributed by atoms with Crippen molar-refractivity contribution in [2.75, 3.05) is 27.3 Å². The van der Waals surface area contributed by atoms with E-state index in [0.29, 0.717) is 0 Å². The van der Waals surface area contributed by atoms with E-state index in [1.54, 1.807) is 7.11 Å². The van der Waals surface area contributed by atoms with Crippen molar-refractivity contribution in [3.05, 3.63) is 0 Å². The van der Waals surface area contributed by atoms with Crippen LogP contribution in [0.4, 0.5) is 0 Å². The van der Waals surface area contributed by atoms with Gasteiger partial charge in [-0.2, -0.15) is 0 Å². The quantitative estimate of drug-likeness (QED) is 0.720. The fourth-order valence-electron chi connectivity index (χ4n) is 1.43. The zero-order valence-corrected chi connectivity index (χ0v) is 12.6. The minimum Gasteiger partial charge on any atom is -0.469 e. The molecule has 3 N–H and O–H groups in total. The van der Waals surface area contributed by atoms with E-state index in [9.17, 15) is 4.79 Å². The highest BCUT2D eigenvalue weighted by atomic mass is 16.5. The van der Waals surface area contributed by atoms with Crippen molar-refractivity contribution < 1.29 is 19.7 Å². The molecule has 1 heterocycles. The number of ether oxygens (including phenoxy) is 2. The van der Waals surface area contributed by atoms with Crippen molar-refractivity contribution in [3.8, 4) is 0 Å². The number of methoxy groups -OCH3 is 2. The van der Waals surface area contributed by atoms with E-state index in [1.165, 1.54) is 7.11 Å². The van der Waals surface area contributed by atoms with Crippen molar-refractivity contribution >= 4 is 5.97 Å². The van der Waals surface area contributed by atoms with E-state index >= 15 is 0 Å². The molecule has 0 atom stereocenters. The lowest BCUT2D eigenvalue weighted by atomic mass is 9.81. The van der Waals surface area contributed by atoms with Crippen molar-refractivity contribution in [2.45, 2.75) is 46.1 Å². The van der Waals surface area contributed by atoms with Gasteiger partial charge in [0, 0.05) is 7.11 Å². The number of piperidine rings is 1. The third-order valence-corrected chi connectivity index (χ3v) is 3.00. The molecule has 0 bridgehead atoms. The first-order valence-corrected chi connectivity index (χ1v) is 6.09. The van der Waals surface area contributed by atoms with Crippen LogP contribution in [-0.2, 0) is 14.3 Å². The summed E-state index contributed by atoms with van der Waals surface area (Å²) in [6.45, 7) is 9.88. The molecule has 0 unspecified atom stereocenters. The normalized spacial score (nSPS) is 17.9. The predicted molar refractivity (Wildman–Crippen MR) is 72.6 cm³/mol. The average Bonchev–Trinajstić information content (AvgIpc) is 2.29. The third-order valence-electron chi connectivity index (χ3n) is 3.00. The highest BCUT2D eigenvalue weighted by molar-refractivity contribution is 5.76. The van der Waals surface area contributed by atoms with E-state index in [1.807, 2.05) is 27.7 Å². The summed E-state index contributed by atoms with van der Waals surface area (Å²) >= 11 is 0. The summed E-state index contributed by atoms with van der Waals surface area (Å²) < 4.78 is 9.66. The van der Waals surface area contributed by atoms with Gasteiger partial charge in [-0.3, -0.25) is 4.79 Å². The Hall–Kier alpha value is -0.650. The monoisotopic (exact) mass is 263 g/mol. The minimum absolute atomic E-state index is 0.